The monoisotopic (exact) mass is 233 g/mol. The Hall–Kier alpha value is -1.22. The first-order valence-corrected chi connectivity index (χ1v) is 6.35. The summed E-state index contributed by atoms with van der Waals surface area (Å²) in [6, 6.07) is 2.32. The van der Waals surface area contributed by atoms with Crippen molar-refractivity contribution in [2.75, 3.05) is 6.54 Å². The van der Waals surface area contributed by atoms with E-state index in [2.05, 4.69) is 11.8 Å². The molecule has 1 fully saturated rings. The highest BCUT2D eigenvalue weighted by molar-refractivity contribution is 5.54. The van der Waals surface area contributed by atoms with E-state index in [1.807, 2.05) is 19.9 Å². The van der Waals surface area contributed by atoms with Gasteiger partial charge in [0.2, 0.25) is 0 Å². The van der Waals surface area contributed by atoms with Crippen molar-refractivity contribution >= 4 is 0 Å². The van der Waals surface area contributed by atoms with Crippen molar-refractivity contribution in [3.05, 3.63) is 22.8 Å². The van der Waals surface area contributed by atoms with Crippen molar-refractivity contribution in [3.8, 4) is 11.5 Å². The van der Waals surface area contributed by atoms with E-state index in [4.69, 9.17) is 4.74 Å². The van der Waals surface area contributed by atoms with E-state index in [1.54, 1.807) is 0 Å². The van der Waals surface area contributed by atoms with Gasteiger partial charge in [0.05, 0.1) is 0 Å². The molecule has 0 aliphatic carbocycles. The molecule has 2 atom stereocenters. The summed E-state index contributed by atoms with van der Waals surface area (Å²) >= 11 is 0. The van der Waals surface area contributed by atoms with E-state index in [-0.39, 0.29) is 6.23 Å². The van der Waals surface area contributed by atoms with Crippen LogP contribution < -0.4 is 4.74 Å². The number of phenolic OH excluding ortho intramolecular Hbond substituents is 1. The maximum absolute atomic E-state index is 10.0. The summed E-state index contributed by atoms with van der Waals surface area (Å²) in [6.07, 6.45) is 2.55. The molecule has 2 aliphatic rings. The standard InChI is InChI=1S/C14H19NO2/c1-8-7-11-13(9(2)14(8)16)10(3)15-6-4-5-12(15)17-11/h7,10,12,16H,4-6H2,1-3H3. The Morgan fingerprint density at radius 3 is 2.94 bits per heavy atom. The molecule has 0 aromatic heterocycles. The average molecular weight is 233 g/mol. The minimum atomic E-state index is 0.237. The molecule has 3 heteroatoms. The second-order valence-corrected chi connectivity index (χ2v) is 5.21. The Balaban J connectivity index is 2.15. The molecule has 0 spiro atoms. The molecule has 0 bridgehead atoms. The molecule has 17 heavy (non-hydrogen) atoms. The molecule has 2 aliphatic heterocycles. The fourth-order valence-corrected chi connectivity index (χ4v) is 3.21. The van der Waals surface area contributed by atoms with Gasteiger partial charge in [-0.15, -0.1) is 0 Å². The summed E-state index contributed by atoms with van der Waals surface area (Å²) < 4.78 is 6.06. The Bertz CT molecular complexity index is 470. The van der Waals surface area contributed by atoms with E-state index < -0.39 is 0 Å². The van der Waals surface area contributed by atoms with Gasteiger partial charge >= 0.3 is 0 Å². The van der Waals surface area contributed by atoms with Gasteiger partial charge in [0, 0.05) is 18.2 Å². The van der Waals surface area contributed by atoms with Crippen LogP contribution in [0.15, 0.2) is 6.07 Å². The smallest absolute Gasteiger partial charge is 0.153 e. The largest absolute Gasteiger partial charge is 0.507 e. The van der Waals surface area contributed by atoms with E-state index >= 15 is 0 Å². The molecule has 2 heterocycles. The number of rotatable bonds is 0. The topological polar surface area (TPSA) is 32.7 Å². The zero-order valence-corrected chi connectivity index (χ0v) is 10.7. The molecule has 3 nitrogen and oxygen atoms in total. The highest BCUT2D eigenvalue weighted by atomic mass is 16.5. The summed E-state index contributed by atoms with van der Waals surface area (Å²) in [6.45, 7) is 7.22. The number of hydrogen-bond donors (Lipinski definition) is 1. The second-order valence-electron chi connectivity index (χ2n) is 5.21. The van der Waals surface area contributed by atoms with Crippen LogP contribution in [0.4, 0.5) is 0 Å². The van der Waals surface area contributed by atoms with Crippen molar-refractivity contribution < 1.29 is 9.84 Å². The minimum absolute atomic E-state index is 0.237. The molecule has 0 radical (unpaired) electrons. The number of ether oxygens (including phenoxy) is 1. The predicted molar refractivity (Wildman–Crippen MR) is 66.4 cm³/mol. The minimum Gasteiger partial charge on any atom is -0.507 e. The van der Waals surface area contributed by atoms with Crippen LogP contribution in [0.3, 0.4) is 0 Å². The van der Waals surface area contributed by atoms with Crippen LogP contribution in [-0.4, -0.2) is 22.8 Å². The number of benzene rings is 1. The van der Waals surface area contributed by atoms with Crippen LogP contribution in [0.25, 0.3) is 0 Å². The summed E-state index contributed by atoms with van der Waals surface area (Å²) in [5.74, 6) is 1.38. The summed E-state index contributed by atoms with van der Waals surface area (Å²) in [5, 5.41) is 10.0. The van der Waals surface area contributed by atoms with Crippen LogP contribution in [0.2, 0.25) is 0 Å². The molecule has 1 saturated heterocycles. The first-order valence-electron chi connectivity index (χ1n) is 6.35. The molecule has 1 N–H and O–H groups in total. The van der Waals surface area contributed by atoms with Crippen molar-refractivity contribution in [2.24, 2.45) is 0 Å². The fourth-order valence-electron chi connectivity index (χ4n) is 3.21. The van der Waals surface area contributed by atoms with E-state index in [0.29, 0.717) is 11.8 Å². The highest BCUT2D eigenvalue weighted by Gasteiger charge is 2.37. The summed E-state index contributed by atoms with van der Waals surface area (Å²) in [4.78, 5) is 2.39. The molecule has 1 aromatic rings. The van der Waals surface area contributed by atoms with E-state index in [1.165, 1.54) is 6.42 Å². The lowest BCUT2D eigenvalue weighted by Crippen LogP contribution is -2.40. The second kappa shape index (κ2) is 3.64. The lowest BCUT2D eigenvalue weighted by atomic mass is 9.95. The van der Waals surface area contributed by atoms with Crippen LogP contribution in [0, 0.1) is 13.8 Å². The molecule has 1 aromatic carbocycles. The van der Waals surface area contributed by atoms with E-state index in [9.17, 15) is 5.11 Å². The first kappa shape index (κ1) is 10.9. The molecule has 0 saturated carbocycles. The molecule has 0 amide bonds. The lowest BCUT2D eigenvalue weighted by molar-refractivity contribution is 0.00958. The van der Waals surface area contributed by atoms with Crippen molar-refractivity contribution in [3.63, 3.8) is 0 Å². The predicted octanol–water partition coefficient (Wildman–Crippen LogP) is 2.88. The first-order chi connectivity index (χ1) is 8.09. The molecular formula is C14H19NO2. The third-order valence-electron chi connectivity index (χ3n) is 4.16. The summed E-state index contributed by atoms with van der Waals surface area (Å²) in [7, 11) is 0. The van der Waals surface area contributed by atoms with Crippen LogP contribution in [0.1, 0.15) is 42.5 Å². The fraction of sp³-hybridized carbons (Fsp3) is 0.571. The molecule has 3 rings (SSSR count). The SMILES string of the molecule is Cc1cc2c(c(C)c1O)C(C)N1CCCC1O2. The zero-order valence-electron chi connectivity index (χ0n) is 10.7. The number of hydrogen-bond acceptors (Lipinski definition) is 3. The van der Waals surface area contributed by atoms with Gasteiger partial charge in [-0.1, -0.05) is 0 Å². The molecule has 2 unspecified atom stereocenters. The molecular weight excluding hydrogens is 214 g/mol. The number of fused-ring (bicyclic) bond motifs is 2. The van der Waals surface area contributed by atoms with Gasteiger partial charge in [-0.3, -0.25) is 4.90 Å². The zero-order chi connectivity index (χ0) is 12.2. The summed E-state index contributed by atoms with van der Waals surface area (Å²) in [5.41, 5.74) is 3.03. The molecule has 92 valence electrons. The van der Waals surface area contributed by atoms with Gasteiger partial charge in [0.1, 0.15) is 11.5 Å². The van der Waals surface area contributed by atoms with Crippen LogP contribution in [0.5, 0.6) is 11.5 Å². The maximum Gasteiger partial charge on any atom is 0.153 e. The normalized spacial score (nSPS) is 27.5. The van der Waals surface area contributed by atoms with Gasteiger partial charge in [-0.05, 0) is 50.8 Å². The number of aromatic hydroxyl groups is 1. The van der Waals surface area contributed by atoms with Gasteiger partial charge in [0.25, 0.3) is 0 Å². The van der Waals surface area contributed by atoms with Crippen molar-refractivity contribution in [1.82, 2.24) is 4.90 Å². The van der Waals surface area contributed by atoms with Gasteiger partial charge in [-0.2, -0.15) is 0 Å². The Morgan fingerprint density at radius 2 is 2.18 bits per heavy atom. The number of phenols is 1. The average Bonchev–Trinajstić information content (AvgIpc) is 2.74. The quantitative estimate of drug-likeness (QED) is 0.748. The highest BCUT2D eigenvalue weighted by Crippen LogP contribution is 2.45. The van der Waals surface area contributed by atoms with Gasteiger partial charge in [-0.25, -0.2) is 0 Å². The number of aryl methyl sites for hydroxylation is 1. The lowest BCUT2D eigenvalue weighted by Gasteiger charge is -2.38. The van der Waals surface area contributed by atoms with Crippen molar-refractivity contribution in [1.29, 1.82) is 0 Å². The Labute approximate surface area is 102 Å². The van der Waals surface area contributed by atoms with Crippen LogP contribution >= 0.6 is 0 Å². The third-order valence-corrected chi connectivity index (χ3v) is 4.16. The Morgan fingerprint density at radius 1 is 1.41 bits per heavy atom. The number of nitrogens with zero attached hydrogens (tertiary/aromatic N) is 1. The van der Waals surface area contributed by atoms with Crippen LogP contribution in [-0.2, 0) is 0 Å². The maximum atomic E-state index is 10.0. The Kier molecular flexibility index (Phi) is 2.33. The van der Waals surface area contributed by atoms with Gasteiger partial charge < -0.3 is 9.84 Å². The van der Waals surface area contributed by atoms with Gasteiger partial charge in [0.15, 0.2) is 6.23 Å². The third kappa shape index (κ3) is 1.45. The van der Waals surface area contributed by atoms with Crippen molar-refractivity contribution in [2.45, 2.75) is 45.9 Å². The van der Waals surface area contributed by atoms with E-state index in [0.717, 1.165) is 35.4 Å².